The van der Waals surface area contributed by atoms with Gasteiger partial charge in [0.1, 0.15) is 18.7 Å². The van der Waals surface area contributed by atoms with Crippen molar-refractivity contribution >= 4 is 18.0 Å². The number of hydrogen-bond donors (Lipinski definition) is 2. The third kappa shape index (κ3) is 9.76. The zero-order valence-electron chi connectivity index (χ0n) is 19.4. The van der Waals surface area contributed by atoms with Crippen LogP contribution >= 0.6 is 0 Å². The van der Waals surface area contributed by atoms with E-state index in [2.05, 4.69) is 17.6 Å². The van der Waals surface area contributed by atoms with Gasteiger partial charge in [0.05, 0.1) is 7.11 Å². The minimum Gasteiger partial charge on any atom is -0.467 e. The maximum Gasteiger partial charge on any atom is 0.408 e. The van der Waals surface area contributed by atoms with Crippen molar-refractivity contribution in [1.29, 1.82) is 0 Å². The monoisotopic (exact) mass is 454 g/mol. The molecule has 0 fully saturated rings. The fourth-order valence-corrected chi connectivity index (χ4v) is 3.40. The molecule has 0 saturated carbocycles. The Balaban J connectivity index is 2.04. The van der Waals surface area contributed by atoms with Crippen LogP contribution in [0.5, 0.6) is 0 Å². The minimum absolute atomic E-state index is 0.0918. The summed E-state index contributed by atoms with van der Waals surface area (Å²) in [6.07, 6.45) is 3.94. The number of nitrogens with one attached hydrogen (secondary N) is 2. The minimum atomic E-state index is -0.904. The predicted molar refractivity (Wildman–Crippen MR) is 126 cm³/mol. The van der Waals surface area contributed by atoms with Gasteiger partial charge in [-0.3, -0.25) is 4.79 Å². The first-order valence-electron chi connectivity index (χ1n) is 11.4. The fourth-order valence-electron chi connectivity index (χ4n) is 3.40. The topological polar surface area (TPSA) is 93.7 Å². The number of unbranched alkanes of at least 4 members (excludes halogenated alkanes) is 3. The second-order valence-electron chi connectivity index (χ2n) is 7.88. The number of alkyl carbamates (subject to hydrolysis) is 1. The van der Waals surface area contributed by atoms with Crippen LogP contribution in [0.15, 0.2) is 60.7 Å². The molecule has 0 radical (unpaired) electrons. The first-order valence-corrected chi connectivity index (χ1v) is 11.4. The van der Waals surface area contributed by atoms with Gasteiger partial charge in [0.2, 0.25) is 5.91 Å². The summed E-state index contributed by atoms with van der Waals surface area (Å²) in [6, 6.07) is 17.0. The van der Waals surface area contributed by atoms with Gasteiger partial charge in [-0.15, -0.1) is 0 Å². The normalized spacial score (nSPS) is 12.3. The Labute approximate surface area is 195 Å². The number of ether oxygens (including phenoxy) is 2. The summed E-state index contributed by atoms with van der Waals surface area (Å²) in [5, 5.41) is 5.41. The molecule has 0 spiro atoms. The number of benzene rings is 2. The number of carbonyl (C=O) groups is 3. The summed E-state index contributed by atoms with van der Waals surface area (Å²) in [7, 11) is 1.30. The van der Waals surface area contributed by atoms with Crippen LogP contribution in [0.2, 0.25) is 0 Å². The Bertz CT molecular complexity index is 858. The van der Waals surface area contributed by atoms with E-state index in [0.717, 1.165) is 36.8 Å². The Kier molecular flexibility index (Phi) is 11.5. The van der Waals surface area contributed by atoms with Crippen LogP contribution in [-0.4, -0.2) is 37.2 Å². The smallest absolute Gasteiger partial charge is 0.408 e. The highest BCUT2D eigenvalue weighted by atomic mass is 16.5. The van der Waals surface area contributed by atoms with E-state index < -0.39 is 30.1 Å². The summed E-state index contributed by atoms with van der Waals surface area (Å²) >= 11 is 0. The Morgan fingerprint density at radius 3 is 2.06 bits per heavy atom. The molecule has 0 bridgehead atoms. The summed E-state index contributed by atoms with van der Waals surface area (Å²) in [6.45, 7) is 2.20. The quantitative estimate of drug-likeness (QED) is 0.350. The summed E-state index contributed by atoms with van der Waals surface area (Å²) in [5.41, 5.74) is 1.72. The molecule has 0 heterocycles. The average molecular weight is 455 g/mol. The lowest BCUT2D eigenvalue weighted by Gasteiger charge is -2.22. The molecule has 2 rings (SSSR count). The number of hydrogen-bond acceptors (Lipinski definition) is 5. The lowest BCUT2D eigenvalue weighted by atomic mass is 10.0. The van der Waals surface area contributed by atoms with Gasteiger partial charge >= 0.3 is 12.1 Å². The zero-order chi connectivity index (χ0) is 23.9. The van der Waals surface area contributed by atoms with Crippen molar-refractivity contribution in [2.24, 2.45) is 0 Å². The molecular weight excluding hydrogens is 420 g/mol. The molecule has 2 aromatic rings. The molecule has 0 aliphatic heterocycles. The molecule has 0 aliphatic rings. The van der Waals surface area contributed by atoms with Gasteiger partial charge < -0.3 is 20.1 Å². The predicted octanol–water partition coefficient (Wildman–Crippen LogP) is 4.15. The zero-order valence-corrected chi connectivity index (χ0v) is 19.4. The van der Waals surface area contributed by atoms with E-state index >= 15 is 0 Å². The molecule has 0 aromatic heterocycles. The Hall–Kier alpha value is -3.35. The van der Waals surface area contributed by atoms with Gasteiger partial charge in [0.15, 0.2) is 0 Å². The van der Waals surface area contributed by atoms with Crippen molar-refractivity contribution in [3.8, 4) is 0 Å². The standard InChI is InChI=1S/C26H34N2O5/c1-3-4-5-12-17-22(25(30)32-2)27-24(29)23(18-20-13-8-6-9-14-20)28-26(31)33-19-21-15-10-7-11-16-21/h6-11,13-16,22-23H,3-5,12,17-19H2,1-2H3,(H,27,29)(H,28,31)/t22-,23-/m0/s1. The molecule has 2 aromatic carbocycles. The molecular formula is C26H34N2O5. The molecule has 0 aliphatic carbocycles. The SMILES string of the molecule is CCCCCC[C@H](NC(=O)[C@H](Cc1ccccc1)NC(=O)OCc1ccccc1)C(=O)OC. The molecule has 2 N–H and O–H groups in total. The first kappa shape index (κ1) is 25.9. The highest BCUT2D eigenvalue weighted by Crippen LogP contribution is 2.09. The van der Waals surface area contributed by atoms with Gasteiger partial charge in [-0.25, -0.2) is 9.59 Å². The highest BCUT2D eigenvalue weighted by molar-refractivity contribution is 5.89. The van der Waals surface area contributed by atoms with Crippen molar-refractivity contribution in [2.45, 2.75) is 64.1 Å². The van der Waals surface area contributed by atoms with E-state index in [1.807, 2.05) is 60.7 Å². The number of amides is 2. The van der Waals surface area contributed by atoms with Crippen LogP contribution < -0.4 is 10.6 Å². The molecule has 0 saturated heterocycles. The molecule has 7 heteroatoms. The maximum absolute atomic E-state index is 13.1. The summed E-state index contributed by atoms with van der Waals surface area (Å²) < 4.78 is 10.2. The molecule has 7 nitrogen and oxygen atoms in total. The van der Waals surface area contributed by atoms with E-state index in [1.54, 1.807) is 0 Å². The lowest BCUT2D eigenvalue weighted by molar-refractivity contribution is -0.145. The maximum atomic E-state index is 13.1. The van der Waals surface area contributed by atoms with Gasteiger partial charge in [0.25, 0.3) is 0 Å². The van der Waals surface area contributed by atoms with E-state index in [0.29, 0.717) is 6.42 Å². The molecule has 2 atom stereocenters. The summed E-state index contributed by atoms with van der Waals surface area (Å²) in [4.78, 5) is 37.7. The van der Waals surface area contributed by atoms with Crippen molar-refractivity contribution in [3.05, 3.63) is 71.8 Å². The second kappa shape index (κ2) is 14.7. The van der Waals surface area contributed by atoms with Crippen LogP contribution in [0.1, 0.15) is 50.2 Å². The molecule has 178 valence electrons. The number of esters is 1. The van der Waals surface area contributed by atoms with Crippen molar-refractivity contribution in [2.75, 3.05) is 7.11 Å². The van der Waals surface area contributed by atoms with Crippen molar-refractivity contribution in [3.63, 3.8) is 0 Å². The van der Waals surface area contributed by atoms with Crippen LogP contribution in [0, 0.1) is 0 Å². The van der Waals surface area contributed by atoms with E-state index in [4.69, 9.17) is 9.47 Å². The number of carbonyl (C=O) groups excluding carboxylic acids is 3. The van der Waals surface area contributed by atoms with Gasteiger partial charge in [0, 0.05) is 6.42 Å². The van der Waals surface area contributed by atoms with Crippen molar-refractivity contribution < 1.29 is 23.9 Å². The van der Waals surface area contributed by atoms with Gasteiger partial charge in [-0.2, -0.15) is 0 Å². The van der Waals surface area contributed by atoms with Crippen LogP contribution in [0.3, 0.4) is 0 Å². The fraction of sp³-hybridized carbons (Fsp3) is 0.423. The number of methoxy groups -OCH3 is 1. The van der Waals surface area contributed by atoms with Gasteiger partial charge in [-0.05, 0) is 17.5 Å². The van der Waals surface area contributed by atoms with E-state index in [-0.39, 0.29) is 13.0 Å². The van der Waals surface area contributed by atoms with Crippen LogP contribution in [0.4, 0.5) is 4.79 Å². The summed E-state index contributed by atoms with van der Waals surface area (Å²) in [5.74, 6) is -0.952. The molecule has 2 amide bonds. The van der Waals surface area contributed by atoms with Crippen LogP contribution in [-0.2, 0) is 32.1 Å². The number of rotatable bonds is 13. The second-order valence-corrected chi connectivity index (χ2v) is 7.88. The van der Waals surface area contributed by atoms with E-state index in [1.165, 1.54) is 7.11 Å². The third-order valence-corrected chi connectivity index (χ3v) is 5.25. The highest BCUT2D eigenvalue weighted by Gasteiger charge is 2.27. The lowest BCUT2D eigenvalue weighted by Crippen LogP contribution is -2.52. The van der Waals surface area contributed by atoms with Crippen molar-refractivity contribution in [1.82, 2.24) is 10.6 Å². The Morgan fingerprint density at radius 2 is 1.45 bits per heavy atom. The molecule has 0 unspecified atom stereocenters. The molecule has 33 heavy (non-hydrogen) atoms. The van der Waals surface area contributed by atoms with Crippen LogP contribution in [0.25, 0.3) is 0 Å². The average Bonchev–Trinajstić information content (AvgIpc) is 2.85. The third-order valence-electron chi connectivity index (χ3n) is 5.25. The largest absolute Gasteiger partial charge is 0.467 e. The first-order chi connectivity index (χ1) is 16.0. The Morgan fingerprint density at radius 1 is 0.818 bits per heavy atom. The van der Waals surface area contributed by atoms with E-state index in [9.17, 15) is 14.4 Å². The van der Waals surface area contributed by atoms with Gasteiger partial charge in [-0.1, -0.05) is 93.3 Å².